The lowest BCUT2D eigenvalue weighted by Gasteiger charge is -2.38. The first-order chi connectivity index (χ1) is 13.8. The van der Waals surface area contributed by atoms with Crippen molar-refractivity contribution in [3.63, 3.8) is 0 Å². The molecule has 3 aromatic carbocycles. The summed E-state index contributed by atoms with van der Waals surface area (Å²) in [7, 11) is 2.06. The third-order valence-electron chi connectivity index (χ3n) is 5.63. The van der Waals surface area contributed by atoms with Gasteiger partial charge < -0.3 is 28.6 Å². The normalized spacial score (nSPS) is 18.4. The van der Waals surface area contributed by atoms with Crippen LogP contribution in [0.5, 0.6) is 23.0 Å². The predicted octanol–water partition coefficient (Wildman–Crippen LogP) is 4.45. The molecule has 0 saturated heterocycles. The molecule has 1 unspecified atom stereocenters. The van der Waals surface area contributed by atoms with Crippen molar-refractivity contribution in [1.29, 1.82) is 0 Å². The molecule has 0 N–H and O–H groups in total. The molecule has 3 aliphatic heterocycles. The summed E-state index contributed by atoms with van der Waals surface area (Å²) in [4.78, 5) is 2.17. The van der Waals surface area contributed by atoms with Crippen molar-refractivity contribution in [1.82, 2.24) is 0 Å². The molecule has 28 heavy (non-hydrogen) atoms. The van der Waals surface area contributed by atoms with Crippen LogP contribution in [-0.4, -0.2) is 27.2 Å². The van der Waals surface area contributed by atoms with Crippen LogP contribution in [0, 0.1) is 0 Å². The fourth-order valence-corrected chi connectivity index (χ4v) is 4.43. The van der Waals surface area contributed by atoms with Crippen molar-refractivity contribution < 1.29 is 23.7 Å². The van der Waals surface area contributed by atoms with E-state index in [0.717, 1.165) is 56.1 Å². The lowest BCUT2D eigenvalue weighted by Crippen LogP contribution is -2.31. The SMILES string of the molecule is CCOC1c2c(ccc3c2OCO3)-c2ccc3cc4c(cc3c2N1C)OCO4. The maximum absolute atomic E-state index is 6.18. The molecule has 0 spiro atoms. The second-order valence-corrected chi connectivity index (χ2v) is 7.07. The van der Waals surface area contributed by atoms with Crippen LogP contribution in [0.15, 0.2) is 36.4 Å². The molecule has 3 aromatic rings. The van der Waals surface area contributed by atoms with E-state index in [1.165, 1.54) is 0 Å². The van der Waals surface area contributed by atoms with Crippen molar-refractivity contribution >= 4 is 16.5 Å². The Hall–Kier alpha value is -3.12. The van der Waals surface area contributed by atoms with Crippen molar-refractivity contribution in [3.8, 4) is 34.1 Å². The Morgan fingerprint density at radius 2 is 1.68 bits per heavy atom. The molecule has 3 aliphatic rings. The average Bonchev–Trinajstić information content (AvgIpc) is 3.36. The zero-order chi connectivity index (χ0) is 18.8. The molecule has 6 nitrogen and oxygen atoms in total. The van der Waals surface area contributed by atoms with Gasteiger partial charge in [0.1, 0.15) is 0 Å². The van der Waals surface area contributed by atoms with Crippen molar-refractivity contribution in [3.05, 3.63) is 42.0 Å². The Labute approximate surface area is 162 Å². The maximum atomic E-state index is 6.18. The van der Waals surface area contributed by atoms with Crippen LogP contribution in [-0.2, 0) is 4.74 Å². The van der Waals surface area contributed by atoms with Gasteiger partial charge in [-0.3, -0.25) is 0 Å². The number of benzene rings is 3. The Morgan fingerprint density at radius 1 is 0.929 bits per heavy atom. The Bertz CT molecular complexity index is 1130. The first-order valence-electron chi connectivity index (χ1n) is 9.40. The van der Waals surface area contributed by atoms with Gasteiger partial charge in [-0.05, 0) is 42.1 Å². The molecule has 6 rings (SSSR count). The summed E-state index contributed by atoms with van der Waals surface area (Å²) >= 11 is 0. The van der Waals surface area contributed by atoms with E-state index < -0.39 is 0 Å². The van der Waals surface area contributed by atoms with E-state index in [1.54, 1.807) is 0 Å². The van der Waals surface area contributed by atoms with Crippen LogP contribution in [0.4, 0.5) is 5.69 Å². The molecule has 0 aliphatic carbocycles. The number of fused-ring (bicyclic) bond motifs is 8. The van der Waals surface area contributed by atoms with Crippen LogP contribution in [0.2, 0.25) is 0 Å². The fourth-order valence-electron chi connectivity index (χ4n) is 4.43. The van der Waals surface area contributed by atoms with Gasteiger partial charge in [-0.1, -0.05) is 12.1 Å². The van der Waals surface area contributed by atoms with Crippen molar-refractivity contribution in [2.24, 2.45) is 0 Å². The van der Waals surface area contributed by atoms with Gasteiger partial charge in [0.15, 0.2) is 29.2 Å². The van der Waals surface area contributed by atoms with Gasteiger partial charge in [0.05, 0.1) is 11.3 Å². The van der Waals surface area contributed by atoms with E-state index >= 15 is 0 Å². The van der Waals surface area contributed by atoms with Gasteiger partial charge in [0, 0.05) is 24.6 Å². The summed E-state index contributed by atoms with van der Waals surface area (Å²) in [6.07, 6.45) is -0.264. The van der Waals surface area contributed by atoms with Crippen LogP contribution < -0.4 is 23.8 Å². The number of hydrogen-bond acceptors (Lipinski definition) is 6. The third kappa shape index (κ3) is 2.01. The smallest absolute Gasteiger partial charge is 0.231 e. The molecule has 0 bridgehead atoms. The number of hydrogen-bond donors (Lipinski definition) is 0. The highest BCUT2D eigenvalue weighted by atomic mass is 16.7. The number of rotatable bonds is 2. The lowest BCUT2D eigenvalue weighted by molar-refractivity contribution is 0.0605. The summed E-state index contributed by atoms with van der Waals surface area (Å²) in [6, 6.07) is 12.5. The standard InChI is InChI=1S/C22H19NO5/c1-3-24-22-19-13(6-7-16-21(19)28-11-25-16)14-5-4-12-8-17-18(27-10-26-17)9-15(12)20(14)23(22)2/h4-9,22H,3,10-11H2,1-2H3. The van der Waals surface area contributed by atoms with Crippen LogP contribution in [0.25, 0.3) is 21.9 Å². The van der Waals surface area contributed by atoms with E-state index in [-0.39, 0.29) is 19.8 Å². The average molecular weight is 377 g/mol. The highest BCUT2D eigenvalue weighted by Crippen LogP contribution is 2.54. The van der Waals surface area contributed by atoms with Gasteiger partial charge >= 0.3 is 0 Å². The quantitative estimate of drug-likeness (QED) is 0.658. The zero-order valence-corrected chi connectivity index (χ0v) is 15.7. The lowest BCUT2D eigenvalue weighted by atomic mass is 9.88. The molecular weight excluding hydrogens is 358 g/mol. The van der Waals surface area contributed by atoms with Crippen LogP contribution >= 0.6 is 0 Å². The highest BCUT2D eigenvalue weighted by Gasteiger charge is 2.36. The molecular formula is C22H19NO5. The van der Waals surface area contributed by atoms with Crippen LogP contribution in [0.1, 0.15) is 18.7 Å². The minimum atomic E-state index is -0.264. The summed E-state index contributed by atoms with van der Waals surface area (Å²) in [6.45, 7) is 3.09. The molecule has 0 saturated carbocycles. The third-order valence-corrected chi connectivity index (χ3v) is 5.63. The molecule has 6 heteroatoms. The Balaban J connectivity index is 1.66. The molecule has 0 aromatic heterocycles. The first-order valence-corrected chi connectivity index (χ1v) is 9.40. The van der Waals surface area contributed by atoms with E-state index in [2.05, 4.69) is 36.2 Å². The van der Waals surface area contributed by atoms with Crippen molar-refractivity contribution in [2.75, 3.05) is 32.1 Å². The number of anilines is 1. The second kappa shape index (κ2) is 5.69. The predicted molar refractivity (Wildman–Crippen MR) is 104 cm³/mol. The van der Waals surface area contributed by atoms with Gasteiger partial charge in [-0.2, -0.15) is 0 Å². The molecule has 1 atom stereocenters. The summed E-state index contributed by atoms with van der Waals surface area (Å²) in [5, 5.41) is 2.21. The van der Waals surface area contributed by atoms with E-state index in [1.807, 2.05) is 19.1 Å². The summed E-state index contributed by atoms with van der Waals surface area (Å²) in [5.74, 6) is 3.11. The Morgan fingerprint density at radius 3 is 2.54 bits per heavy atom. The minimum absolute atomic E-state index is 0.238. The Kier molecular flexibility index (Phi) is 3.23. The monoisotopic (exact) mass is 377 g/mol. The van der Waals surface area contributed by atoms with E-state index in [4.69, 9.17) is 23.7 Å². The van der Waals surface area contributed by atoms with Gasteiger partial charge in [-0.15, -0.1) is 0 Å². The largest absolute Gasteiger partial charge is 0.454 e. The topological polar surface area (TPSA) is 49.4 Å². The molecule has 3 heterocycles. The summed E-state index contributed by atoms with van der Waals surface area (Å²) < 4.78 is 28.8. The van der Waals surface area contributed by atoms with Crippen LogP contribution in [0.3, 0.4) is 0 Å². The second-order valence-electron chi connectivity index (χ2n) is 7.07. The van der Waals surface area contributed by atoms with Crippen molar-refractivity contribution in [2.45, 2.75) is 13.2 Å². The molecule has 0 radical (unpaired) electrons. The molecule has 142 valence electrons. The van der Waals surface area contributed by atoms with Gasteiger partial charge in [-0.25, -0.2) is 0 Å². The maximum Gasteiger partial charge on any atom is 0.231 e. The van der Waals surface area contributed by atoms with E-state index in [9.17, 15) is 0 Å². The van der Waals surface area contributed by atoms with Gasteiger partial charge in [0.2, 0.25) is 13.6 Å². The highest BCUT2D eigenvalue weighted by molar-refractivity contribution is 6.05. The van der Waals surface area contributed by atoms with Gasteiger partial charge in [0.25, 0.3) is 0 Å². The molecule has 0 amide bonds. The summed E-state index contributed by atoms with van der Waals surface area (Å²) in [5.41, 5.74) is 4.38. The van der Waals surface area contributed by atoms with E-state index in [0.29, 0.717) is 6.61 Å². The number of ether oxygens (including phenoxy) is 5. The zero-order valence-electron chi connectivity index (χ0n) is 15.7. The molecule has 0 fully saturated rings. The minimum Gasteiger partial charge on any atom is -0.454 e. The number of nitrogens with zero attached hydrogens (tertiary/aromatic N) is 1. The first kappa shape index (κ1) is 15.9. The fraction of sp³-hybridized carbons (Fsp3) is 0.273.